The summed E-state index contributed by atoms with van der Waals surface area (Å²) in [5, 5.41) is 0. The normalized spacial score (nSPS) is 21.2. The zero-order valence-electron chi connectivity index (χ0n) is 12.2. The third kappa shape index (κ3) is 1.77. The summed E-state index contributed by atoms with van der Waals surface area (Å²) < 4.78 is 0. The van der Waals surface area contributed by atoms with E-state index >= 15 is 0 Å². The van der Waals surface area contributed by atoms with Gasteiger partial charge in [-0.15, -0.1) is 0 Å². The predicted molar refractivity (Wildman–Crippen MR) is 84.6 cm³/mol. The molecule has 0 aliphatic carbocycles. The molecule has 0 saturated carbocycles. The Morgan fingerprint density at radius 3 is 1.75 bits per heavy atom. The van der Waals surface area contributed by atoms with Crippen molar-refractivity contribution in [3.05, 3.63) is 84.1 Å². The van der Waals surface area contributed by atoms with Gasteiger partial charge in [0.1, 0.15) is 0 Å². The molecule has 1 heteroatoms. The van der Waals surface area contributed by atoms with E-state index in [0.717, 1.165) is 6.42 Å². The van der Waals surface area contributed by atoms with Crippen molar-refractivity contribution in [2.45, 2.75) is 24.8 Å². The summed E-state index contributed by atoms with van der Waals surface area (Å²) in [5.41, 5.74) is 3.98. The summed E-state index contributed by atoms with van der Waals surface area (Å²) in [5.74, 6) is 0. The number of benzene rings is 2. The number of likely N-dealkylation sites (N-methyl/N-ethyl adjacent to an activating group) is 1. The first kappa shape index (κ1) is 13.0. The Morgan fingerprint density at radius 1 is 0.950 bits per heavy atom. The predicted octanol–water partition coefficient (Wildman–Crippen LogP) is 4.21. The first-order valence-corrected chi connectivity index (χ1v) is 7.18. The summed E-state index contributed by atoms with van der Waals surface area (Å²) in [7, 11) is 2.15. The van der Waals surface area contributed by atoms with Crippen LogP contribution in [0.1, 0.15) is 24.5 Å². The van der Waals surface area contributed by atoms with Crippen LogP contribution in [0.3, 0.4) is 0 Å². The average Bonchev–Trinajstić information content (AvgIpc) is 2.74. The van der Waals surface area contributed by atoms with Crippen LogP contribution in [-0.2, 0) is 5.41 Å². The Morgan fingerprint density at radius 2 is 1.40 bits per heavy atom. The SMILES string of the molecule is C=C1CC(c2ccccc2)(c2ccccc2)C(C)N1C. The van der Waals surface area contributed by atoms with Gasteiger partial charge in [-0.05, 0) is 18.1 Å². The molecule has 0 radical (unpaired) electrons. The molecule has 0 spiro atoms. The van der Waals surface area contributed by atoms with Crippen molar-refractivity contribution >= 4 is 0 Å². The average molecular weight is 263 g/mol. The zero-order chi connectivity index (χ0) is 14.2. The first-order valence-electron chi connectivity index (χ1n) is 7.18. The lowest BCUT2D eigenvalue weighted by Gasteiger charge is -2.36. The third-order valence-corrected chi connectivity index (χ3v) is 4.85. The van der Waals surface area contributed by atoms with E-state index in [-0.39, 0.29) is 5.41 Å². The zero-order valence-corrected chi connectivity index (χ0v) is 12.2. The van der Waals surface area contributed by atoms with Gasteiger partial charge in [-0.25, -0.2) is 0 Å². The van der Waals surface area contributed by atoms with Gasteiger partial charge in [-0.2, -0.15) is 0 Å². The summed E-state index contributed by atoms with van der Waals surface area (Å²) in [4.78, 5) is 2.32. The van der Waals surface area contributed by atoms with E-state index in [1.807, 2.05) is 0 Å². The lowest BCUT2D eigenvalue weighted by Crippen LogP contribution is -2.39. The molecule has 0 bridgehead atoms. The highest BCUT2D eigenvalue weighted by Gasteiger charge is 2.47. The van der Waals surface area contributed by atoms with Crippen molar-refractivity contribution < 1.29 is 0 Å². The Labute approximate surface area is 121 Å². The standard InChI is InChI=1S/C19H21N/c1-15-14-19(16(2)20(15)3,17-10-6-4-7-11-17)18-12-8-5-9-13-18/h4-13,16H,1,14H2,2-3H3. The molecule has 3 rings (SSSR count). The van der Waals surface area contributed by atoms with Gasteiger partial charge in [0.15, 0.2) is 0 Å². The molecule has 0 N–H and O–H groups in total. The number of allylic oxidation sites excluding steroid dienone is 1. The molecule has 2 aromatic rings. The van der Waals surface area contributed by atoms with Crippen molar-refractivity contribution in [1.29, 1.82) is 0 Å². The van der Waals surface area contributed by atoms with Crippen LogP contribution in [0.5, 0.6) is 0 Å². The van der Waals surface area contributed by atoms with Crippen LogP contribution in [0, 0.1) is 0 Å². The third-order valence-electron chi connectivity index (χ3n) is 4.85. The van der Waals surface area contributed by atoms with Crippen LogP contribution in [0.2, 0.25) is 0 Å². The highest BCUT2D eigenvalue weighted by Crippen LogP contribution is 2.48. The van der Waals surface area contributed by atoms with Crippen LogP contribution in [-0.4, -0.2) is 18.0 Å². The highest BCUT2D eigenvalue weighted by atomic mass is 15.2. The molecular weight excluding hydrogens is 242 g/mol. The van der Waals surface area contributed by atoms with E-state index in [1.54, 1.807) is 0 Å². The maximum Gasteiger partial charge on any atom is 0.0457 e. The van der Waals surface area contributed by atoms with Gasteiger partial charge in [0.05, 0.1) is 0 Å². The van der Waals surface area contributed by atoms with E-state index in [0.29, 0.717) is 6.04 Å². The minimum atomic E-state index is 0.00829. The van der Waals surface area contributed by atoms with Crippen LogP contribution < -0.4 is 0 Å². The van der Waals surface area contributed by atoms with Crippen molar-refractivity contribution in [2.24, 2.45) is 0 Å². The smallest absolute Gasteiger partial charge is 0.0457 e. The summed E-state index contributed by atoms with van der Waals surface area (Å²) in [6, 6.07) is 22.1. The van der Waals surface area contributed by atoms with E-state index in [4.69, 9.17) is 0 Å². The molecule has 2 aromatic carbocycles. The molecule has 1 aliphatic rings. The van der Waals surface area contributed by atoms with Crippen LogP contribution in [0.25, 0.3) is 0 Å². The molecule has 1 heterocycles. The van der Waals surface area contributed by atoms with Gasteiger partial charge in [-0.1, -0.05) is 67.2 Å². The molecule has 0 aromatic heterocycles. The van der Waals surface area contributed by atoms with Crippen LogP contribution >= 0.6 is 0 Å². The Bertz CT molecular complexity index is 561. The largest absolute Gasteiger partial charge is 0.374 e. The maximum absolute atomic E-state index is 4.26. The molecular formula is C19H21N. The minimum Gasteiger partial charge on any atom is -0.374 e. The van der Waals surface area contributed by atoms with E-state index in [1.165, 1.54) is 16.8 Å². The molecule has 1 atom stereocenters. The second kappa shape index (κ2) is 4.82. The Balaban J connectivity index is 2.22. The second-order valence-corrected chi connectivity index (χ2v) is 5.73. The Hall–Kier alpha value is -2.02. The fraction of sp³-hybridized carbons (Fsp3) is 0.263. The fourth-order valence-electron chi connectivity index (χ4n) is 3.52. The minimum absolute atomic E-state index is 0.00829. The monoisotopic (exact) mass is 263 g/mol. The lowest BCUT2D eigenvalue weighted by molar-refractivity contribution is 0.310. The summed E-state index contributed by atoms with van der Waals surface area (Å²) >= 11 is 0. The topological polar surface area (TPSA) is 3.24 Å². The molecule has 1 aliphatic heterocycles. The number of rotatable bonds is 2. The van der Waals surface area contributed by atoms with Crippen molar-refractivity contribution in [1.82, 2.24) is 4.90 Å². The van der Waals surface area contributed by atoms with E-state index in [9.17, 15) is 0 Å². The van der Waals surface area contributed by atoms with Gasteiger partial charge in [0, 0.05) is 30.6 Å². The molecule has 0 amide bonds. The Kier molecular flexibility index (Phi) is 3.13. The molecule has 1 saturated heterocycles. The summed E-state index contributed by atoms with van der Waals surface area (Å²) in [6.45, 7) is 6.56. The van der Waals surface area contributed by atoms with E-state index in [2.05, 4.69) is 86.1 Å². The molecule has 1 fully saturated rings. The van der Waals surface area contributed by atoms with Crippen LogP contribution in [0.15, 0.2) is 72.9 Å². The highest BCUT2D eigenvalue weighted by molar-refractivity contribution is 5.45. The van der Waals surface area contributed by atoms with Gasteiger partial charge >= 0.3 is 0 Å². The number of hydrogen-bond acceptors (Lipinski definition) is 1. The quantitative estimate of drug-likeness (QED) is 0.784. The van der Waals surface area contributed by atoms with Gasteiger partial charge in [0.2, 0.25) is 0 Å². The van der Waals surface area contributed by atoms with Crippen molar-refractivity contribution in [2.75, 3.05) is 7.05 Å². The van der Waals surface area contributed by atoms with Crippen molar-refractivity contribution in [3.63, 3.8) is 0 Å². The van der Waals surface area contributed by atoms with Gasteiger partial charge in [-0.3, -0.25) is 0 Å². The van der Waals surface area contributed by atoms with Gasteiger partial charge < -0.3 is 4.90 Å². The number of likely N-dealkylation sites (tertiary alicyclic amines) is 1. The number of hydrogen-bond donors (Lipinski definition) is 0. The lowest BCUT2D eigenvalue weighted by atomic mass is 9.69. The first-order chi connectivity index (χ1) is 9.66. The maximum atomic E-state index is 4.26. The van der Waals surface area contributed by atoms with E-state index < -0.39 is 0 Å². The summed E-state index contributed by atoms with van der Waals surface area (Å²) in [6.07, 6.45) is 0.985. The molecule has 1 unspecified atom stereocenters. The number of nitrogens with zero attached hydrogens (tertiary/aromatic N) is 1. The molecule has 20 heavy (non-hydrogen) atoms. The fourth-order valence-corrected chi connectivity index (χ4v) is 3.52. The van der Waals surface area contributed by atoms with Crippen LogP contribution in [0.4, 0.5) is 0 Å². The second-order valence-electron chi connectivity index (χ2n) is 5.73. The molecule has 1 nitrogen and oxygen atoms in total. The van der Waals surface area contributed by atoms with Gasteiger partial charge in [0.25, 0.3) is 0 Å². The molecule has 102 valence electrons. The van der Waals surface area contributed by atoms with Crippen molar-refractivity contribution in [3.8, 4) is 0 Å².